The Morgan fingerprint density at radius 2 is 1.62 bits per heavy atom. The maximum Gasteiger partial charge on any atom is 0.249 e. The van der Waals surface area contributed by atoms with Crippen LogP contribution in [0.1, 0.15) is 37.1 Å². The number of aliphatic hydroxyl groups excluding tert-OH is 1. The van der Waals surface area contributed by atoms with Crippen molar-refractivity contribution in [3.63, 3.8) is 0 Å². The fourth-order valence-corrected chi connectivity index (χ4v) is 6.88. The average molecular weight is 565 g/mol. The van der Waals surface area contributed by atoms with Crippen LogP contribution in [0.4, 0.5) is 18.9 Å². The number of hydrogen-bond donors (Lipinski definition) is 4. The average Bonchev–Trinajstić information content (AvgIpc) is 3.28. The van der Waals surface area contributed by atoms with Gasteiger partial charge < -0.3 is 15.7 Å². The molecule has 1 amide bonds. The van der Waals surface area contributed by atoms with Crippen molar-refractivity contribution in [2.24, 2.45) is 5.73 Å². The number of rotatable bonds is 6. The molecule has 2 heterocycles. The zero-order valence-electron chi connectivity index (χ0n) is 21.2. The van der Waals surface area contributed by atoms with E-state index in [1.807, 2.05) is 17.0 Å². The van der Waals surface area contributed by atoms with Crippen molar-refractivity contribution in [1.29, 1.82) is 0 Å². The largest absolute Gasteiger partial charge is 0.390 e. The second kappa shape index (κ2) is 10.2. The summed E-state index contributed by atoms with van der Waals surface area (Å²) < 4.78 is 64.4. The Balaban J connectivity index is 1.65. The third-order valence-electron chi connectivity index (χ3n) is 7.73. The van der Waals surface area contributed by atoms with Crippen molar-refractivity contribution in [1.82, 2.24) is 9.78 Å². The minimum atomic E-state index is -3.13. The number of aliphatic hydroxyl groups is 1. The first-order valence-corrected chi connectivity index (χ1v) is 14.6. The third kappa shape index (κ3) is 5.25. The molecule has 1 saturated carbocycles. The fraction of sp³-hybridized carbons (Fsp3) is 0.407. The highest BCUT2D eigenvalue weighted by Gasteiger charge is 2.53. The Hall–Kier alpha value is -3.06. The highest BCUT2D eigenvalue weighted by Crippen LogP contribution is 2.49. The van der Waals surface area contributed by atoms with Gasteiger partial charge >= 0.3 is 0 Å². The second-order valence-electron chi connectivity index (χ2n) is 10.3. The number of carbonyl (C=O) groups is 1. The van der Waals surface area contributed by atoms with E-state index in [0.717, 1.165) is 5.69 Å². The number of nitrogens with two attached hydrogens (primary N) is 1. The Labute approximate surface area is 225 Å². The number of aromatic nitrogens is 2. The van der Waals surface area contributed by atoms with E-state index in [1.165, 1.54) is 28.9 Å². The number of benzene rings is 2. The smallest absolute Gasteiger partial charge is 0.249 e. The van der Waals surface area contributed by atoms with E-state index in [0.29, 0.717) is 29.9 Å². The number of primary amides is 1. The molecule has 1 aliphatic carbocycles. The normalized spacial score (nSPS) is 23.4. The van der Waals surface area contributed by atoms with Crippen molar-refractivity contribution in [2.45, 2.75) is 43.6 Å². The lowest BCUT2D eigenvalue weighted by Crippen LogP contribution is -2.49. The fourth-order valence-electron chi connectivity index (χ4n) is 5.65. The van der Waals surface area contributed by atoms with E-state index in [4.69, 9.17) is 5.73 Å². The van der Waals surface area contributed by atoms with Gasteiger partial charge in [0.2, 0.25) is 11.8 Å². The molecule has 210 valence electrons. The second-order valence-corrected chi connectivity index (χ2v) is 12.7. The SMILES string of the molecule is NC(=O)C1(c2nn(-c3ccc(F)cc3)c(CO)c2-c2ccc(N3CCS(O)(O)CC3)cc2)CCCC(F)(F)C1. The Morgan fingerprint density at radius 3 is 2.18 bits per heavy atom. The Kier molecular flexibility index (Phi) is 7.17. The molecule has 0 spiro atoms. The number of hydrogen-bond acceptors (Lipinski definition) is 6. The number of amides is 1. The van der Waals surface area contributed by atoms with Crippen LogP contribution in [-0.2, 0) is 16.8 Å². The first-order chi connectivity index (χ1) is 18.4. The van der Waals surface area contributed by atoms with Crippen molar-refractivity contribution in [3.05, 3.63) is 65.7 Å². The predicted molar refractivity (Wildman–Crippen MR) is 144 cm³/mol. The van der Waals surface area contributed by atoms with E-state index in [9.17, 15) is 32.2 Å². The maximum absolute atomic E-state index is 14.8. The van der Waals surface area contributed by atoms with E-state index in [1.54, 1.807) is 12.1 Å². The third-order valence-corrected chi connectivity index (χ3v) is 9.40. The van der Waals surface area contributed by atoms with Crippen LogP contribution in [0.2, 0.25) is 0 Å². The number of alkyl halides is 2. The first-order valence-electron chi connectivity index (χ1n) is 12.7. The summed E-state index contributed by atoms with van der Waals surface area (Å²) in [5.41, 5.74) is 6.46. The molecule has 12 heteroatoms. The highest BCUT2D eigenvalue weighted by molar-refractivity contribution is 8.24. The summed E-state index contributed by atoms with van der Waals surface area (Å²) in [4.78, 5) is 15.0. The van der Waals surface area contributed by atoms with Gasteiger partial charge in [0.25, 0.3) is 0 Å². The standard InChI is InChI=1S/C27H31F3N4O4S/c28-19-4-8-21(9-5-19)34-22(16-35)23(24(32-34)26(25(31)36)10-1-11-27(29,30)17-26)18-2-6-20(7-3-18)33-12-14-39(37,38)15-13-33/h2-9,35,37-38H,1,10-17H2,(H2,31,36). The van der Waals surface area contributed by atoms with Gasteiger partial charge in [0, 0.05) is 37.2 Å². The van der Waals surface area contributed by atoms with Crippen molar-refractivity contribution in [2.75, 3.05) is 29.5 Å². The molecule has 1 aromatic heterocycles. The van der Waals surface area contributed by atoms with Gasteiger partial charge in [-0.25, -0.2) is 17.9 Å². The van der Waals surface area contributed by atoms with Gasteiger partial charge in [0.05, 0.1) is 40.6 Å². The molecule has 0 radical (unpaired) electrons. The van der Waals surface area contributed by atoms with Gasteiger partial charge in [0.15, 0.2) is 0 Å². The number of anilines is 1. The van der Waals surface area contributed by atoms with E-state index in [-0.39, 0.29) is 42.2 Å². The van der Waals surface area contributed by atoms with E-state index in [2.05, 4.69) is 5.10 Å². The molecule has 1 aliphatic heterocycles. The molecule has 2 aliphatic rings. The van der Waals surface area contributed by atoms with Crippen molar-refractivity contribution < 1.29 is 32.2 Å². The molecule has 39 heavy (non-hydrogen) atoms. The lowest BCUT2D eigenvalue weighted by Gasteiger charge is -2.42. The zero-order chi connectivity index (χ0) is 28.0. The summed E-state index contributed by atoms with van der Waals surface area (Å²) in [5.74, 6) is -3.98. The molecule has 1 unspecified atom stereocenters. The summed E-state index contributed by atoms with van der Waals surface area (Å²) in [6, 6.07) is 12.5. The zero-order valence-corrected chi connectivity index (χ0v) is 22.0. The van der Waals surface area contributed by atoms with Gasteiger partial charge in [-0.05, 0) is 54.8 Å². The number of halogens is 3. The van der Waals surface area contributed by atoms with Crippen LogP contribution in [0, 0.1) is 5.82 Å². The number of nitrogens with zero attached hydrogens (tertiary/aromatic N) is 3. The van der Waals surface area contributed by atoms with Gasteiger partial charge in [0.1, 0.15) is 5.82 Å². The van der Waals surface area contributed by atoms with Crippen LogP contribution in [0.3, 0.4) is 0 Å². The van der Waals surface area contributed by atoms with Crippen LogP contribution >= 0.6 is 10.6 Å². The highest BCUT2D eigenvalue weighted by atomic mass is 32.3. The van der Waals surface area contributed by atoms with Crippen molar-refractivity contribution >= 4 is 22.2 Å². The molecule has 1 saturated heterocycles. The van der Waals surface area contributed by atoms with Crippen molar-refractivity contribution in [3.8, 4) is 16.8 Å². The summed E-state index contributed by atoms with van der Waals surface area (Å²) in [6.45, 7) is 0.408. The van der Waals surface area contributed by atoms with Crippen LogP contribution < -0.4 is 10.6 Å². The minimum absolute atomic E-state index is 0.0578. The van der Waals surface area contributed by atoms with Gasteiger partial charge in [-0.15, -0.1) is 0 Å². The predicted octanol–water partition coefficient (Wildman–Crippen LogP) is 4.67. The Morgan fingerprint density at radius 1 is 1.00 bits per heavy atom. The monoisotopic (exact) mass is 564 g/mol. The van der Waals surface area contributed by atoms with E-state index < -0.39 is 46.7 Å². The topological polar surface area (TPSA) is 125 Å². The molecule has 2 fully saturated rings. The number of carbonyl (C=O) groups excluding carboxylic acids is 1. The molecule has 2 aromatic carbocycles. The van der Waals surface area contributed by atoms with Crippen LogP contribution in [-0.4, -0.2) is 60.4 Å². The molecular formula is C27H31F3N4O4S. The summed E-state index contributed by atoms with van der Waals surface area (Å²) in [6.07, 6.45) is -1.02. The van der Waals surface area contributed by atoms with Gasteiger partial charge in [-0.2, -0.15) is 15.7 Å². The van der Waals surface area contributed by atoms with Gasteiger partial charge in [-0.1, -0.05) is 12.1 Å². The minimum Gasteiger partial charge on any atom is -0.390 e. The molecule has 0 bridgehead atoms. The Bertz CT molecular complexity index is 1350. The van der Waals surface area contributed by atoms with E-state index >= 15 is 0 Å². The molecule has 5 rings (SSSR count). The van der Waals surface area contributed by atoms with Gasteiger partial charge in [-0.3, -0.25) is 13.9 Å². The maximum atomic E-state index is 14.8. The first kappa shape index (κ1) is 27.5. The molecule has 8 nitrogen and oxygen atoms in total. The van der Waals surface area contributed by atoms with Crippen LogP contribution in [0.15, 0.2) is 48.5 Å². The summed E-state index contributed by atoms with van der Waals surface area (Å²) in [5, 5.41) is 15.1. The molecule has 5 N–H and O–H groups in total. The lowest BCUT2D eigenvalue weighted by atomic mass is 9.68. The van der Waals surface area contributed by atoms with Crippen LogP contribution in [0.25, 0.3) is 16.8 Å². The lowest BCUT2D eigenvalue weighted by molar-refractivity contribution is -0.133. The molecule has 1 atom stereocenters. The molecular weight excluding hydrogens is 533 g/mol. The van der Waals surface area contributed by atoms with Crippen LogP contribution in [0.5, 0.6) is 0 Å². The molecule has 3 aromatic rings. The summed E-state index contributed by atoms with van der Waals surface area (Å²) in [7, 11) is -2.56. The summed E-state index contributed by atoms with van der Waals surface area (Å²) >= 11 is 0. The quantitative estimate of drug-likeness (QED) is 0.345.